The number of carbonyl (C=O) groups excluding carboxylic acids is 1. The Bertz CT molecular complexity index is 470. The lowest BCUT2D eigenvalue weighted by Crippen LogP contribution is -2.33. The minimum atomic E-state index is 0.0755. The second-order valence-electron chi connectivity index (χ2n) is 5.74. The van der Waals surface area contributed by atoms with Crippen molar-refractivity contribution in [1.82, 2.24) is 10.6 Å². The SMILES string of the molecule is CCCNC(c1ccc2c(c1)C(=O)NCC2)C(C)CC. The first-order chi connectivity index (χ1) is 9.67. The van der Waals surface area contributed by atoms with E-state index in [1.165, 1.54) is 11.1 Å². The summed E-state index contributed by atoms with van der Waals surface area (Å²) in [5, 5.41) is 6.56. The zero-order chi connectivity index (χ0) is 14.5. The molecule has 1 aliphatic heterocycles. The molecule has 2 rings (SSSR count). The molecule has 0 fully saturated rings. The van der Waals surface area contributed by atoms with Crippen molar-refractivity contribution in [2.24, 2.45) is 5.92 Å². The molecule has 1 aromatic carbocycles. The summed E-state index contributed by atoms with van der Waals surface area (Å²) in [6, 6.07) is 6.74. The number of hydrogen-bond acceptors (Lipinski definition) is 2. The summed E-state index contributed by atoms with van der Waals surface area (Å²) in [5.74, 6) is 0.637. The van der Waals surface area contributed by atoms with E-state index in [4.69, 9.17) is 0 Å². The van der Waals surface area contributed by atoms with Crippen molar-refractivity contribution < 1.29 is 4.79 Å². The molecule has 2 unspecified atom stereocenters. The predicted molar refractivity (Wildman–Crippen MR) is 83.0 cm³/mol. The van der Waals surface area contributed by atoms with E-state index in [0.29, 0.717) is 12.0 Å². The minimum Gasteiger partial charge on any atom is -0.352 e. The van der Waals surface area contributed by atoms with E-state index in [2.05, 4.69) is 49.6 Å². The smallest absolute Gasteiger partial charge is 0.251 e. The van der Waals surface area contributed by atoms with E-state index >= 15 is 0 Å². The second kappa shape index (κ2) is 6.89. The Balaban J connectivity index is 2.28. The van der Waals surface area contributed by atoms with Gasteiger partial charge in [-0.2, -0.15) is 0 Å². The molecule has 0 saturated heterocycles. The van der Waals surface area contributed by atoms with Gasteiger partial charge in [-0.15, -0.1) is 0 Å². The molecule has 2 atom stereocenters. The van der Waals surface area contributed by atoms with Crippen LogP contribution in [0.15, 0.2) is 18.2 Å². The molecule has 3 heteroatoms. The molecule has 2 N–H and O–H groups in total. The summed E-state index contributed by atoms with van der Waals surface area (Å²) in [6.45, 7) is 8.44. The summed E-state index contributed by atoms with van der Waals surface area (Å²) in [4.78, 5) is 12.0. The van der Waals surface area contributed by atoms with Crippen molar-refractivity contribution in [3.8, 4) is 0 Å². The van der Waals surface area contributed by atoms with Crippen molar-refractivity contribution in [1.29, 1.82) is 0 Å². The predicted octanol–water partition coefficient (Wildman–Crippen LogP) is 3.06. The van der Waals surface area contributed by atoms with Crippen LogP contribution in [0.5, 0.6) is 0 Å². The van der Waals surface area contributed by atoms with Gasteiger partial charge in [0.2, 0.25) is 0 Å². The second-order valence-corrected chi connectivity index (χ2v) is 5.74. The molecule has 0 aromatic heterocycles. The molecule has 0 aliphatic carbocycles. The van der Waals surface area contributed by atoms with Gasteiger partial charge in [-0.1, -0.05) is 39.3 Å². The molecule has 1 aromatic rings. The third-order valence-corrected chi connectivity index (χ3v) is 4.24. The molecule has 3 nitrogen and oxygen atoms in total. The van der Waals surface area contributed by atoms with Crippen molar-refractivity contribution >= 4 is 5.91 Å². The lowest BCUT2D eigenvalue weighted by Gasteiger charge is -2.26. The van der Waals surface area contributed by atoms with Gasteiger partial charge < -0.3 is 10.6 Å². The number of fused-ring (bicyclic) bond motifs is 1. The Morgan fingerprint density at radius 2 is 2.15 bits per heavy atom. The van der Waals surface area contributed by atoms with Crippen molar-refractivity contribution in [2.45, 2.75) is 46.1 Å². The van der Waals surface area contributed by atoms with Gasteiger partial charge in [-0.3, -0.25) is 4.79 Å². The molecular formula is C17H26N2O. The highest BCUT2D eigenvalue weighted by Crippen LogP contribution is 2.27. The molecular weight excluding hydrogens is 248 g/mol. The Hall–Kier alpha value is -1.35. The van der Waals surface area contributed by atoms with Crippen LogP contribution in [-0.2, 0) is 6.42 Å². The monoisotopic (exact) mass is 274 g/mol. The van der Waals surface area contributed by atoms with Gasteiger partial charge in [0.1, 0.15) is 0 Å². The van der Waals surface area contributed by atoms with Gasteiger partial charge in [0.05, 0.1) is 0 Å². The van der Waals surface area contributed by atoms with Gasteiger partial charge in [-0.25, -0.2) is 0 Å². The van der Waals surface area contributed by atoms with Crippen molar-refractivity contribution in [2.75, 3.05) is 13.1 Å². The van der Waals surface area contributed by atoms with Crippen LogP contribution >= 0.6 is 0 Å². The van der Waals surface area contributed by atoms with E-state index in [1.807, 2.05) is 0 Å². The zero-order valence-corrected chi connectivity index (χ0v) is 12.8. The molecule has 110 valence electrons. The number of benzene rings is 1. The normalized spacial score (nSPS) is 17.2. The number of rotatable bonds is 6. The average molecular weight is 274 g/mol. The highest BCUT2D eigenvalue weighted by Gasteiger charge is 2.21. The third kappa shape index (κ3) is 3.21. The molecule has 0 radical (unpaired) electrons. The van der Waals surface area contributed by atoms with Crippen LogP contribution < -0.4 is 10.6 Å². The number of nitrogens with one attached hydrogen (secondary N) is 2. The van der Waals surface area contributed by atoms with Crippen molar-refractivity contribution in [3.05, 3.63) is 34.9 Å². The van der Waals surface area contributed by atoms with Crippen LogP contribution in [0, 0.1) is 5.92 Å². The van der Waals surface area contributed by atoms with Crippen LogP contribution in [0.2, 0.25) is 0 Å². The molecule has 1 heterocycles. The Labute approximate surface area is 122 Å². The third-order valence-electron chi connectivity index (χ3n) is 4.24. The number of hydrogen-bond donors (Lipinski definition) is 2. The fourth-order valence-corrected chi connectivity index (χ4v) is 2.81. The molecule has 0 spiro atoms. The van der Waals surface area contributed by atoms with E-state index in [-0.39, 0.29) is 5.91 Å². The minimum absolute atomic E-state index is 0.0755. The zero-order valence-electron chi connectivity index (χ0n) is 12.8. The maximum atomic E-state index is 12.0. The maximum Gasteiger partial charge on any atom is 0.251 e. The molecule has 0 bridgehead atoms. The van der Waals surface area contributed by atoms with Crippen molar-refractivity contribution in [3.63, 3.8) is 0 Å². The maximum absolute atomic E-state index is 12.0. The Morgan fingerprint density at radius 1 is 1.35 bits per heavy atom. The standard InChI is InChI=1S/C17H26N2O/c1-4-9-18-16(12(3)5-2)14-7-6-13-8-10-19-17(20)15(13)11-14/h6-7,11-12,16,18H,4-5,8-10H2,1-3H3,(H,19,20). The van der Waals surface area contributed by atoms with E-state index in [0.717, 1.165) is 37.9 Å². The summed E-state index contributed by atoms with van der Waals surface area (Å²) >= 11 is 0. The lowest BCUT2D eigenvalue weighted by molar-refractivity contribution is 0.0946. The Kier molecular flexibility index (Phi) is 5.18. The quantitative estimate of drug-likeness (QED) is 0.837. The average Bonchev–Trinajstić information content (AvgIpc) is 2.48. The topological polar surface area (TPSA) is 41.1 Å². The molecule has 20 heavy (non-hydrogen) atoms. The van der Waals surface area contributed by atoms with E-state index in [9.17, 15) is 4.79 Å². The van der Waals surface area contributed by atoms with E-state index < -0.39 is 0 Å². The van der Waals surface area contributed by atoms with Gasteiger partial charge in [0.25, 0.3) is 5.91 Å². The Morgan fingerprint density at radius 3 is 2.85 bits per heavy atom. The summed E-state index contributed by atoms with van der Waals surface area (Å²) in [5.41, 5.74) is 3.28. The van der Waals surface area contributed by atoms with E-state index in [1.54, 1.807) is 0 Å². The van der Waals surface area contributed by atoms with Crippen LogP contribution in [0.3, 0.4) is 0 Å². The fourth-order valence-electron chi connectivity index (χ4n) is 2.81. The first-order valence-corrected chi connectivity index (χ1v) is 7.81. The van der Waals surface area contributed by atoms with Gasteiger partial charge in [0.15, 0.2) is 0 Å². The molecule has 0 saturated carbocycles. The number of amides is 1. The summed E-state index contributed by atoms with van der Waals surface area (Å²) in [6.07, 6.45) is 3.20. The van der Waals surface area contributed by atoms with Crippen LogP contribution in [-0.4, -0.2) is 19.0 Å². The van der Waals surface area contributed by atoms with Gasteiger partial charge in [0, 0.05) is 18.2 Å². The summed E-state index contributed by atoms with van der Waals surface area (Å²) in [7, 11) is 0. The molecule has 1 aliphatic rings. The highest BCUT2D eigenvalue weighted by molar-refractivity contribution is 5.96. The molecule has 1 amide bonds. The van der Waals surface area contributed by atoms with Gasteiger partial charge in [-0.05, 0) is 42.5 Å². The fraction of sp³-hybridized carbons (Fsp3) is 0.588. The lowest BCUT2D eigenvalue weighted by atomic mass is 9.89. The van der Waals surface area contributed by atoms with Crippen LogP contribution in [0.4, 0.5) is 0 Å². The first-order valence-electron chi connectivity index (χ1n) is 7.81. The largest absolute Gasteiger partial charge is 0.352 e. The van der Waals surface area contributed by atoms with Crippen LogP contribution in [0.1, 0.15) is 61.1 Å². The first kappa shape index (κ1) is 15.0. The van der Waals surface area contributed by atoms with Gasteiger partial charge >= 0.3 is 0 Å². The number of carbonyl (C=O) groups is 1. The van der Waals surface area contributed by atoms with Crippen LogP contribution in [0.25, 0.3) is 0 Å². The summed E-state index contributed by atoms with van der Waals surface area (Å²) < 4.78 is 0. The highest BCUT2D eigenvalue weighted by atomic mass is 16.1.